The molecule has 29 heavy (non-hydrogen) atoms. The Kier molecular flexibility index (Phi) is 6.11. The van der Waals surface area contributed by atoms with E-state index in [1.165, 1.54) is 26.5 Å². The lowest BCUT2D eigenvalue weighted by molar-refractivity contribution is 0.103. The minimum atomic E-state index is -0.0648. The molecule has 0 saturated carbocycles. The summed E-state index contributed by atoms with van der Waals surface area (Å²) in [6.45, 7) is 1.94. The number of benzene rings is 1. The fourth-order valence-corrected chi connectivity index (χ4v) is 7.14. The summed E-state index contributed by atoms with van der Waals surface area (Å²) in [4.78, 5) is 22.0. The van der Waals surface area contributed by atoms with Gasteiger partial charge in [-0.05, 0) is 59.2 Å². The van der Waals surface area contributed by atoms with E-state index in [0.717, 1.165) is 44.4 Å². The second-order valence-electron chi connectivity index (χ2n) is 6.74. The van der Waals surface area contributed by atoms with Crippen LogP contribution in [-0.2, 0) is 13.0 Å². The van der Waals surface area contributed by atoms with Crippen molar-refractivity contribution in [3.63, 3.8) is 0 Å². The molecule has 0 spiro atoms. The van der Waals surface area contributed by atoms with E-state index in [2.05, 4.69) is 39.3 Å². The summed E-state index contributed by atoms with van der Waals surface area (Å²) in [7, 11) is 2.14. The van der Waals surface area contributed by atoms with Gasteiger partial charge in [-0.3, -0.25) is 4.79 Å². The Labute approximate surface area is 195 Å². The topological polar surface area (TPSA) is 45.2 Å². The van der Waals surface area contributed by atoms with Gasteiger partial charge in [0.25, 0.3) is 5.91 Å². The number of halogens is 2. The molecule has 4 nitrogen and oxygen atoms in total. The predicted octanol–water partition coefficient (Wildman–Crippen LogP) is 6.51. The highest BCUT2D eigenvalue weighted by molar-refractivity contribution is 9.11. The highest BCUT2D eigenvalue weighted by atomic mass is 79.9. The number of anilines is 1. The summed E-state index contributed by atoms with van der Waals surface area (Å²) in [6.07, 6.45) is 0.980. The van der Waals surface area contributed by atoms with Gasteiger partial charge in [0.05, 0.1) is 18.9 Å². The molecule has 1 aromatic carbocycles. The van der Waals surface area contributed by atoms with Gasteiger partial charge in [-0.1, -0.05) is 12.1 Å². The van der Waals surface area contributed by atoms with Crippen LogP contribution in [0.1, 0.15) is 20.1 Å². The van der Waals surface area contributed by atoms with Gasteiger partial charge in [0.2, 0.25) is 0 Å². The molecular formula is C20H17BrClN3OS3. The predicted molar refractivity (Wildman–Crippen MR) is 130 cm³/mol. The summed E-state index contributed by atoms with van der Waals surface area (Å²) in [5.74, 6) is -0.0648. The molecule has 0 aliphatic carbocycles. The number of fused-ring (bicyclic) bond motifs is 2. The van der Waals surface area contributed by atoms with Gasteiger partial charge >= 0.3 is 0 Å². The highest BCUT2D eigenvalue weighted by Gasteiger charge is 2.27. The molecule has 3 aromatic heterocycles. The lowest BCUT2D eigenvalue weighted by atomic mass is 10.0. The standard InChI is InChI=1S/C20H16BrN3OS3.ClH/c1-24-9-8-11-15(10-24)28-20(23-18(25)14-6-7-16(21)26-14)17(11)19-22-12-4-2-3-5-13(12)27-19;/h2-7H,8-10H2,1H3,(H,23,25);1H. The van der Waals surface area contributed by atoms with Crippen LogP contribution in [0.5, 0.6) is 0 Å². The zero-order chi connectivity index (χ0) is 19.3. The number of hydrogen-bond donors (Lipinski definition) is 1. The average Bonchev–Trinajstić information content (AvgIpc) is 3.36. The normalized spacial score (nSPS) is 13.9. The van der Waals surface area contributed by atoms with Gasteiger partial charge < -0.3 is 10.2 Å². The van der Waals surface area contributed by atoms with E-state index in [9.17, 15) is 4.79 Å². The van der Waals surface area contributed by atoms with Gasteiger partial charge in [-0.2, -0.15) is 0 Å². The van der Waals surface area contributed by atoms with Crippen molar-refractivity contribution in [3.8, 4) is 10.6 Å². The SMILES string of the molecule is CN1CCc2c(sc(NC(=O)c3ccc(Br)s3)c2-c2nc3ccccc3s2)C1.Cl. The third-order valence-corrected chi connectivity index (χ3v) is 8.59. The number of hydrogen-bond acceptors (Lipinski definition) is 6. The number of carbonyl (C=O) groups is 1. The molecule has 9 heteroatoms. The number of likely N-dealkylation sites (N-methyl/N-ethyl adjacent to an activating group) is 1. The van der Waals surface area contributed by atoms with Gasteiger partial charge in [0, 0.05) is 23.5 Å². The fourth-order valence-electron chi connectivity index (χ4n) is 3.43. The third kappa shape index (κ3) is 4.02. The van der Waals surface area contributed by atoms with Crippen LogP contribution in [0.4, 0.5) is 5.00 Å². The van der Waals surface area contributed by atoms with Crippen LogP contribution in [0, 0.1) is 0 Å². The molecule has 150 valence electrons. The van der Waals surface area contributed by atoms with Crippen molar-refractivity contribution in [1.82, 2.24) is 9.88 Å². The van der Waals surface area contributed by atoms with Crippen molar-refractivity contribution >= 4 is 83.5 Å². The van der Waals surface area contributed by atoms with Crippen molar-refractivity contribution in [2.24, 2.45) is 0 Å². The maximum Gasteiger partial charge on any atom is 0.266 e. The Bertz CT molecular complexity index is 1170. The quantitative estimate of drug-likeness (QED) is 0.331. The molecule has 1 amide bonds. The van der Waals surface area contributed by atoms with E-state index in [1.807, 2.05) is 30.3 Å². The molecule has 0 bridgehead atoms. The van der Waals surface area contributed by atoms with Gasteiger partial charge in [-0.25, -0.2) is 4.98 Å². The van der Waals surface area contributed by atoms with Crippen molar-refractivity contribution in [2.75, 3.05) is 18.9 Å². The van der Waals surface area contributed by atoms with E-state index < -0.39 is 0 Å². The number of aromatic nitrogens is 1. The first-order valence-electron chi connectivity index (χ1n) is 8.84. The van der Waals surface area contributed by atoms with Crippen molar-refractivity contribution in [3.05, 3.63) is 55.5 Å². The fraction of sp³-hybridized carbons (Fsp3) is 0.200. The maximum absolute atomic E-state index is 12.8. The number of nitrogens with zero attached hydrogens (tertiary/aromatic N) is 2. The lowest BCUT2D eigenvalue weighted by Crippen LogP contribution is -2.25. The Morgan fingerprint density at radius 3 is 2.76 bits per heavy atom. The molecule has 5 rings (SSSR count). The van der Waals surface area contributed by atoms with Crippen molar-refractivity contribution in [1.29, 1.82) is 0 Å². The van der Waals surface area contributed by atoms with Gasteiger partial charge in [0.15, 0.2) is 0 Å². The third-order valence-electron chi connectivity index (χ3n) is 4.78. The van der Waals surface area contributed by atoms with Crippen LogP contribution >= 0.6 is 62.3 Å². The Hall–Kier alpha value is -1.29. The number of carbonyl (C=O) groups excluding carboxylic acids is 1. The van der Waals surface area contributed by atoms with Crippen LogP contribution in [0.25, 0.3) is 20.8 Å². The zero-order valence-corrected chi connectivity index (χ0v) is 20.3. The molecule has 0 unspecified atom stereocenters. The van der Waals surface area contributed by atoms with Gasteiger partial charge in [-0.15, -0.1) is 46.4 Å². The smallest absolute Gasteiger partial charge is 0.266 e. The number of amides is 1. The van der Waals surface area contributed by atoms with Crippen molar-refractivity contribution < 1.29 is 4.79 Å². The number of thiazole rings is 1. The summed E-state index contributed by atoms with van der Waals surface area (Å²) in [6, 6.07) is 12.0. The molecule has 0 saturated heterocycles. The van der Waals surface area contributed by atoms with E-state index in [0.29, 0.717) is 4.88 Å². The first kappa shape index (κ1) is 21.0. The summed E-state index contributed by atoms with van der Waals surface area (Å²) < 4.78 is 2.13. The van der Waals surface area contributed by atoms with E-state index >= 15 is 0 Å². The highest BCUT2D eigenvalue weighted by Crippen LogP contribution is 2.45. The average molecular weight is 527 g/mol. The number of para-hydroxylation sites is 1. The molecule has 0 atom stereocenters. The second kappa shape index (κ2) is 8.45. The van der Waals surface area contributed by atoms with E-state index in [1.54, 1.807) is 22.7 Å². The first-order chi connectivity index (χ1) is 13.6. The first-order valence-corrected chi connectivity index (χ1v) is 12.1. The lowest BCUT2D eigenvalue weighted by Gasteiger charge is -2.22. The Morgan fingerprint density at radius 2 is 2.00 bits per heavy atom. The van der Waals surface area contributed by atoms with E-state index in [-0.39, 0.29) is 18.3 Å². The van der Waals surface area contributed by atoms with E-state index in [4.69, 9.17) is 4.98 Å². The molecule has 4 heterocycles. The second-order valence-corrected chi connectivity index (χ2v) is 11.3. The summed E-state index contributed by atoms with van der Waals surface area (Å²) in [5, 5.41) is 5.07. The Morgan fingerprint density at radius 1 is 1.17 bits per heavy atom. The zero-order valence-electron chi connectivity index (χ0n) is 15.4. The molecule has 1 aliphatic heterocycles. The summed E-state index contributed by atoms with van der Waals surface area (Å²) >= 11 is 8.26. The van der Waals surface area contributed by atoms with Crippen LogP contribution < -0.4 is 5.32 Å². The monoisotopic (exact) mass is 525 g/mol. The van der Waals surface area contributed by atoms with Crippen LogP contribution in [0.15, 0.2) is 40.2 Å². The van der Waals surface area contributed by atoms with Crippen LogP contribution in [0.2, 0.25) is 0 Å². The van der Waals surface area contributed by atoms with Crippen molar-refractivity contribution in [2.45, 2.75) is 13.0 Å². The molecule has 0 fully saturated rings. The molecule has 1 aliphatic rings. The molecular weight excluding hydrogens is 510 g/mol. The minimum absolute atomic E-state index is 0. The van der Waals surface area contributed by atoms with Gasteiger partial charge in [0.1, 0.15) is 10.0 Å². The number of nitrogens with one attached hydrogen (secondary N) is 1. The Balaban J connectivity index is 0.00000205. The number of rotatable bonds is 3. The number of thiophene rings is 2. The maximum atomic E-state index is 12.8. The summed E-state index contributed by atoms with van der Waals surface area (Å²) in [5.41, 5.74) is 3.46. The molecule has 4 aromatic rings. The molecule has 1 N–H and O–H groups in total. The largest absolute Gasteiger partial charge is 0.312 e. The van der Waals surface area contributed by atoms with Crippen LogP contribution in [-0.4, -0.2) is 29.4 Å². The molecule has 0 radical (unpaired) electrons. The van der Waals surface area contributed by atoms with Crippen LogP contribution in [0.3, 0.4) is 0 Å². The minimum Gasteiger partial charge on any atom is -0.312 e.